The second-order valence-corrected chi connectivity index (χ2v) is 9.85. The summed E-state index contributed by atoms with van der Waals surface area (Å²) in [6.07, 6.45) is 5.95. The van der Waals surface area contributed by atoms with Gasteiger partial charge in [-0.05, 0) is 70.4 Å². The van der Waals surface area contributed by atoms with Crippen molar-refractivity contribution in [3.8, 4) is 34.4 Å². The van der Waals surface area contributed by atoms with Gasteiger partial charge in [-0.2, -0.15) is 0 Å². The molecule has 0 amide bonds. The highest BCUT2D eigenvalue weighted by atomic mass is 79.9. The minimum atomic E-state index is -0.431. The number of halogens is 2. The molecular weight excluding hydrogens is 549 g/mol. The fraction of sp³-hybridized carbons (Fsp3) is 0.200. The van der Waals surface area contributed by atoms with E-state index >= 15 is 4.39 Å². The molecule has 0 radical (unpaired) electrons. The van der Waals surface area contributed by atoms with Gasteiger partial charge in [0.1, 0.15) is 17.2 Å². The average molecular weight is 576 g/mol. The van der Waals surface area contributed by atoms with Gasteiger partial charge < -0.3 is 14.2 Å². The van der Waals surface area contributed by atoms with Crippen LogP contribution < -0.4 is 14.2 Å². The summed E-state index contributed by atoms with van der Waals surface area (Å²) < 4.78 is 32.7. The molecule has 3 heterocycles. The molecule has 1 aliphatic rings. The highest BCUT2D eigenvalue weighted by molar-refractivity contribution is 9.10. The second-order valence-electron chi connectivity index (χ2n) is 8.94. The van der Waals surface area contributed by atoms with E-state index in [1.54, 1.807) is 32.5 Å². The Morgan fingerprint density at radius 1 is 1.03 bits per heavy atom. The van der Waals surface area contributed by atoms with E-state index in [9.17, 15) is 0 Å². The summed E-state index contributed by atoms with van der Waals surface area (Å²) in [7, 11) is 3.27. The lowest BCUT2D eigenvalue weighted by atomic mass is 10.0. The zero-order chi connectivity index (χ0) is 26.6. The topological polar surface area (TPSA) is 56.7 Å². The number of aromatic nitrogens is 2. The Morgan fingerprint density at radius 2 is 1.89 bits per heavy atom. The number of pyridine rings is 2. The molecule has 38 heavy (non-hydrogen) atoms. The van der Waals surface area contributed by atoms with E-state index in [4.69, 9.17) is 14.2 Å². The molecule has 5 rings (SSSR count). The van der Waals surface area contributed by atoms with Crippen molar-refractivity contribution in [2.75, 3.05) is 20.8 Å². The average Bonchev–Trinajstić information content (AvgIpc) is 3.38. The predicted molar refractivity (Wildman–Crippen MR) is 148 cm³/mol. The molecule has 1 unspecified atom stereocenters. The normalized spacial score (nSPS) is 15.0. The van der Waals surface area contributed by atoms with Gasteiger partial charge in [-0.25, -0.2) is 9.37 Å². The third-order valence-corrected chi connectivity index (χ3v) is 6.84. The lowest BCUT2D eigenvalue weighted by Crippen LogP contribution is -2.24. The summed E-state index contributed by atoms with van der Waals surface area (Å²) in [4.78, 5) is 11.2. The van der Waals surface area contributed by atoms with Crippen LogP contribution in [0.15, 0.2) is 83.5 Å². The van der Waals surface area contributed by atoms with Crippen molar-refractivity contribution in [1.82, 2.24) is 14.9 Å². The van der Waals surface area contributed by atoms with Crippen LogP contribution in [0.4, 0.5) is 4.39 Å². The van der Waals surface area contributed by atoms with E-state index < -0.39 is 5.82 Å². The van der Waals surface area contributed by atoms with Crippen LogP contribution in [0, 0.1) is 12.7 Å². The number of hydrogen-bond donors (Lipinski definition) is 0. The Morgan fingerprint density at radius 3 is 2.66 bits per heavy atom. The van der Waals surface area contributed by atoms with E-state index in [1.807, 2.05) is 49.4 Å². The largest absolute Gasteiger partial charge is 0.497 e. The lowest BCUT2D eigenvalue weighted by Gasteiger charge is -2.26. The molecule has 4 aromatic rings. The molecule has 8 heteroatoms. The van der Waals surface area contributed by atoms with Crippen LogP contribution >= 0.6 is 15.9 Å². The van der Waals surface area contributed by atoms with Crippen LogP contribution in [-0.4, -0.2) is 35.6 Å². The van der Waals surface area contributed by atoms with Gasteiger partial charge in [-0.3, -0.25) is 9.88 Å². The van der Waals surface area contributed by atoms with Crippen LogP contribution in [0.3, 0.4) is 0 Å². The maximum Gasteiger partial charge on any atom is 0.219 e. The monoisotopic (exact) mass is 575 g/mol. The quantitative estimate of drug-likeness (QED) is 0.206. The fourth-order valence-electron chi connectivity index (χ4n) is 4.55. The van der Waals surface area contributed by atoms with E-state index in [1.165, 1.54) is 6.07 Å². The van der Waals surface area contributed by atoms with Gasteiger partial charge in [-0.1, -0.05) is 30.4 Å². The summed E-state index contributed by atoms with van der Waals surface area (Å²) in [6.45, 7) is 3.21. The first-order valence-electron chi connectivity index (χ1n) is 12.1. The molecule has 0 bridgehead atoms. The van der Waals surface area contributed by atoms with Crippen LogP contribution in [0.1, 0.15) is 22.9 Å². The van der Waals surface area contributed by atoms with Gasteiger partial charge in [0.05, 0.1) is 20.3 Å². The van der Waals surface area contributed by atoms with E-state index in [0.717, 1.165) is 44.8 Å². The first-order chi connectivity index (χ1) is 18.4. The highest BCUT2D eigenvalue weighted by Crippen LogP contribution is 2.37. The zero-order valence-electron chi connectivity index (χ0n) is 21.3. The van der Waals surface area contributed by atoms with Crippen molar-refractivity contribution in [3.63, 3.8) is 0 Å². The summed E-state index contributed by atoms with van der Waals surface area (Å²) in [5, 5.41) is 0. The molecule has 0 aliphatic carbocycles. The highest BCUT2D eigenvalue weighted by Gasteiger charge is 2.25. The van der Waals surface area contributed by atoms with Gasteiger partial charge >= 0.3 is 0 Å². The Bertz CT molecular complexity index is 1490. The molecule has 6 nitrogen and oxygen atoms in total. The van der Waals surface area contributed by atoms with Gasteiger partial charge in [0.2, 0.25) is 5.88 Å². The smallest absolute Gasteiger partial charge is 0.219 e. The number of methoxy groups -OCH3 is 2. The Hall–Kier alpha value is -3.75. The van der Waals surface area contributed by atoms with Crippen molar-refractivity contribution in [2.45, 2.75) is 19.5 Å². The summed E-state index contributed by atoms with van der Waals surface area (Å²) in [5.74, 6) is 1.47. The molecule has 0 N–H and O–H groups in total. The SMILES string of the molecule is COc1ccc(CN2CC=CC2c2ccc(Oc3cccc(C)n3)c(F)c2)c(-c2ncc(Br)cc2OC)c1. The van der Waals surface area contributed by atoms with E-state index in [-0.39, 0.29) is 11.8 Å². The number of benzene rings is 2. The Kier molecular flexibility index (Phi) is 7.72. The van der Waals surface area contributed by atoms with Crippen molar-refractivity contribution in [2.24, 2.45) is 0 Å². The van der Waals surface area contributed by atoms with Gasteiger partial charge in [0.25, 0.3) is 0 Å². The van der Waals surface area contributed by atoms with Crippen molar-refractivity contribution >= 4 is 15.9 Å². The third kappa shape index (κ3) is 5.56. The zero-order valence-corrected chi connectivity index (χ0v) is 22.9. The van der Waals surface area contributed by atoms with E-state index in [0.29, 0.717) is 18.2 Å². The minimum absolute atomic E-state index is 0.0923. The van der Waals surface area contributed by atoms with Crippen LogP contribution in [-0.2, 0) is 6.54 Å². The lowest BCUT2D eigenvalue weighted by molar-refractivity contribution is 0.266. The van der Waals surface area contributed by atoms with Crippen molar-refractivity contribution in [3.05, 3.63) is 106 Å². The summed E-state index contributed by atoms with van der Waals surface area (Å²) >= 11 is 3.47. The molecule has 0 saturated heterocycles. The van der Waals surface area contributed by atoms with Gasteiger partial charge in [0, 0.05) is 41.1 Å². The Labute approximate surface area is 229 Å². The number of aryl methyl sites for hydroxylation is 1. The van der Waals surface area contributed by atoms with Crippen LogP contribution in [0.5, 0.6) is 23.1 Å². The van der Waals surface area contributed by atoms with Gasteiger partial charge in [0.15, 0.2) is 11.6 Å². The first-order valence-corrected chi connectivity index (χ1v) is 12.9. The first kappa shape index (κ1) is 25.9. The van der Waals surface area contributed by atoms with E-state index in [2.05, 4.69) is 42.9 Å². The fourth-order valence-corrected chi connectivity index (χ4v) is 4.87. The molecule has 2 aromatic heterocycles. The summed E-state index contributed by atoms with van der Waals surface area (Å²) in [6, 6.07) is 18.3. The van der Waals surface area contributed by atoms with Crippen molar-refractivity contribution < 1.29 is 18.6 Å². The third-order valence-electron chi connectivity index (χ3n) is 6.41. The maximum absolute atomic E-state index is 15.1. The molecule has 2 aromatic carbocycles. The predicted octanol–water partition coefficient (Wildman–Crippen LogP) is 7.28. The molecule has 194 valence electrons. The minimum Gasteiger partial charge on any atom is -0.497 e. The summed E-state index contributed by atoms with van der Waals surface area (Å²) in [5.41, 5.74) is 4.35. The molecule has 0 spiro atoms. The standard InChI is InChI=1S/C30H27BrFN3O3/c1-19-6-4-8-29(34-19)38-27-12-10-20(14-25(27)32)26-7-5-13-35(26)18-21-9-11-23(36-2)16-24(21)30-28(37-3)15-22(31)17-33-30/h4-12,14-17,26H,13,18H2,1-3H3. The van der Waals surface area contributed by atoms with Crippen molar-refractivity contribution in [1.29, 1.82) is 0 Å². The maximum atomic E-state index is 15.1. The second kappa shape index (κ2) is 11.3. The number of ether oxygens (including phenoxy) is 3. The van der Waals surface area contributed by atoms with Crippen LogP contribution in [0.25, 0.3) is 11.3 Å². The van der Waals surface area contributed by atoms with Gasteiger partial charge in [-0.15, -0.1) is 0 Å². The molecule has 0 saturated carbocycles. The molecule has 1 aliphatic heterocycles. The van der Waals surface area contributed by atoms with Crippen LogP contribution in [0.2, 0.25) is 0 Å². The molecule has 0 fully saturated rings. The number of rotatable bonds is 8. The Balaban J connectivity index is 1.42. The molecular formula is C30H27BrFN3O3. The number of hydrogen-bond acceptors (Lipinski definition) is 6. The molecule has 1 atom stereocenters. The number of nitrogens with zero attached hydrogens (tertiary/aromatic N) is 3.